The Morgan fingerprint density at radius 3 is 2.60 bits per heavy atom. The normalized spacial score (nSPS) is 10.7. The van der Waals surface area contributed by atoms with Gasteiger partial charge in [0, 0.05) is 31.1 Å². The summed E-state index contributed by atoms with van der Waals surface area (Å²) in [6, 6.07) is 13.1. The van der Waals surface area contributed by atoms with Crippen molar-refractivity contribution in [1.82, 2.24) is 14.3 Å². The third kappa shape index (κ3) is 2.09. The Bertz CT molecular complexity index is 777. The second-order valence-corrected chi connectivity index (χ2v) is 4.51. The Kier molecular flexibility index (Phi) is 2.87. The van der Waals surface area contributed by atoms with Crippen LogP contribution in [0.3, 0.4) is 0 Å². The van der Waals surface area contributed by atoms with Crippen molar-refractivity contribution in [3.05, 3.63) is 65.2 Å². The number of rotatable bonds is 2. The molecule has 2 aromatic heterocycles. The minimum absolute atomic E-state index is 0.290. The Balaban J connectivity index is 2.05. The quantitative estimate of drug-likeness (QED) is 0.772. The van der Waals surface area contributed by atoms with E-state index in [9.17, 15) is 9.90 Å². The molecule has 0 radical (unpaired) electrons. The van der Waals surface area contributed by atoms with Crippen LogP contribution in [0, 0.1) is 0 Å². The molecule has 0 bridgehead atoms. The molecule has 3 aromatic rings. The lowest BCUT2D eigenvalue weighted by Crippen LogP contribution is -2.16. The summed E-state index contributed by atoms with van der Waals surface area (Å²) in [6.07, 6.45) is 3.42. The summed E-state index contributed by atoms with van der Waals surface area (Å²) in [6.45, 7) is 0. The predicted molar refractivity (Wildman–Crippen MR) is 75.9 cm³/mol. The summed E-state index contributed by atoms with van der Waals surface area (Å²) in [5.41, 5.74) is 2.05. The fourth-order valence-electron chi connectivity index (χ4n) is 2.03. The highest BCUT2D eigenvalue weighted by Crippen LogP contribution is 2.18. The van der Waals surface area contributed by atoms with Crippen molar-refractivity contribution in [2.24, 2.45) is 7.05 Å². The first-order chi connectivity index (χ1) is 9.65. The van der Waals surface area contributed by atoms with Crippen LogP contribution in [0.5, 0.6) is 5.75 Å². The van der Waals surface area contributed by atoms with Gasteiger partial charge in [0.25, 0.3) is 5.56 Å². The first-order valence-electron chi connectivity index (χ1n) is 6.16. The molecule has 0 spiro atoms. The number of aromatic hydroxyl groups is 1. The average molecular weight is 267 g/mol. The van der Waals surface area contributed by atoms with Crippen molar-refractivity contribution in [1.29, 1.82) is 0 Å². The zero-order valence-corrected chi connectivity index (χ0v) is 10.9. The van der Waals surface area contributed by atoms with Crippen LogP contribution in [-0.2, 0) is 7.05 Å². The summed E-state index contributed by atoms with van der Waals surface area (Å²) >= 11 is 0. The molecule has 5 nitrogen and oxygen atoms in total. The molecule has 0 aliphatic rings. The van der Waals surface area contributed by atoms with Gasteiger partial charge in [-0.15, -0.1) is 0 Å². The van der Waals surface area contributed by atoms with E-state index in [1.54, 1.807) is 24.1 Å². The Labute approximate surface area is 115 Å². The lowest BCUT2D eigenvalue weighted by molar-refractivity contribution is 0.460. The first-order valence-corrected chi connectivity index (χ1v) is 6.16. The highest BCUT2D eigenvalue weighted by molar-refractivity contribution is 5.58. The van der Waals surface area contributed by atoms with E-state index in [0.29, 0.717) is 5.69 Å². The van der Waals surface area contributed by atoms with Crippen molar-refractivity contribution in [2.75, 3.05) is 0 Å². The summed E-state index contributed by atoms with van der Waals surface area (Å²) in [5, 5.41) is 14.0. The Morgan fingerprint density at radius 2 is 1.90 bits per heavy atom. The number of aromatic nitrogens is 3. The van der Waals surface area contributed by atoms with Gasteiger partial charge in [-0.1, -0.05) is 30.3 Å². The maximum Gasteiger partial charge on any atom is 0.292 e. The zero-order chi connectivity index (χ0) is 14.1. The topological polar surface area (TPSA) is 60.1 Å². The Morgan fingerprint density at radius 1 is 1.15 bits per heavy atom. The molecule has 0 unspecified atom stereocenters. The van der Waals surface area contributed by atoms with Crippen LogP contribution in [0.2, 0.25) is 0 Å². The molecule has 1 aromatic carbocycles. The smallest absolute Gasteiger partial charge is 0.292 e. The lowest BCUT2D eigenvalue weighted by Gasteiger charge is -2.05. The van der Waals surface area contributed by atoms with Crippen molar-refractivity contribution >= 4 is 0 Å². The molecule has 5 heteroatoms. The second-order valence-electron chi connectivity index (χ2n) is 4.51. The van der Waals surface area contributed by atoms with Crippen molar-refractivity contribution in [3.63, 3.8) is 0 Å². The van der Waals surface area contributed by atoms with Crippen LogP contribution >= 0.6 is 0 Å². The molecule has 20 heavy (non-hydrogen) atoms. The Hall–Kier alpha value is -2.82. The van der Waals surface area contributed by atoms with Gasteiger partial charge in [0.2, 0.25) is 0 Å². The molecule has 0 saturated carbocycles. The van der Waals surface area contributed by atoms with Crippen molar-refractivity contribution < 1.29 is 5.11 Å². The van der Waals surface area contributed by atoms with Gasteiger partial charge in [-0.05, 0) is 6.07 Å². The minimum atomic E-state index is -0.427. The van der Waals surface area contributed by atoms with Gasteiger partial charge in [0.15, 0.2) is 5.75 Å². The van der Waals surface area contributed by atoms with Gasteiger partial charge in [0.05, 0.1) is 11.4 Å². The average Bonchev–Trinajstić information content (AvgIpc) is 2.95. The van der Waals surface area contributed by atoms with E-state index in [2.05, 4.69) is 5.10 Å². The number of pyridine rings is 1. The molecule has 1 N–H and O–H groups in total. The van der Waals surface area contributed by atoms with Gasteiger partial charge in [0.1, 0.15) is 0 Å². The second kappa shape index (κ2) is 4.70. The molecular weight excluding hydrogens is 254 g/mol. The number of hydrogen-bond acceptors (Lipinski definition) is 3. The summed E-state index contributed by atoms with van der Waals surface area (Å²) in [7, 11) is 1.59. The van der Waals surface area contributed by atoms with E-state index in [1.807, 2.05) is 36.4 Å². The van der Waals surface area contributed by atoms with Gasteiger partial charge in [-0.3, -0.25) is 4.79 Å². The van der Waals surface area contributed by atoms with Crippen LogP contribution in [0.1, 0.15) is 0 Å². The maximum atomic E-state index is 11.5. The summed E-state index contributed by atoms with van der Waals surface area (Å²) < 4.78 is 2.95. The number of hydrogen-bond donors (Lipinski definition) is 1. The standard InChI is InChI=1S/C15H13N3O2/c1-17-10-12(9-14(19)15(17)20)18-8-7-13(16-18)11-5-3-2-4-6-11/h2-10,19H,1H3. The minimum Gasteiger partial charge on any atom is -0.503 e. The van der Waals surface area contributed by atoms with Crippen LogP contribution in [-0.4, -0.2) is 19.5 Å². The predicted octanol–water partition coefficient (Wildman–Crippen LogP) is 1.94. The molecular formula is C15H13N3O2. The van der Waals surface area contributed by atoms with Crippen LogP contribution < -0.4 is 5.56 Å². The maximum absolute atomic E-state index is 11.5. The van der Waals surface area contributed by atoms with E-state index in [-0.39, 0.29) is 5.75 Å². The molecule has 0 aliphatic carbocycles. The van der Waals surface area contributed by atoms with Gasteiger partial charge >= 0.3 is 0 Å². The molecule has 0 atom stereocenters. The van der Waals surface area contributed by atoms with E-state index in [1.165, 1.54) is 10.6 Å². The highest BCUT2D eigenvalue weighted by atomic mass is 16.3. The van der Waals surface area contributed by atoms with Crippen molar-refractivity contribution in [2.45, 2.75) is 0 Å². The fraction of sp³-hybridized carbons (Fsp3) is 0.0667. The van der Waals surface area contributed by atoms with E-state index in [0.717, 1.165) is 11.3 Å². The van der Waals surface area contributed by atoms with E-state index < -0.39 is 5.56 Å². The lowest BCUT2D eigenvalue weighted by atomic mass is 10.2. The van der Waals surface area contributed by atoms with E-state index in [4.69, 9.17) is 0 Å². The largest absolute Gasteiger partial charge is 0.503 e. The molecule has 0 amide bonds. The molecule has 0 saturated heterocycles. The van der Waals surface area contributed by atoms with Crippen molar-refractivity contribution in [3.8, 4) is 22.7 Å². The van der Waals surface area contributed by atoms with Gasteiger partial charge in [-0.25, -0.2) is 4.68 Å². The third-order valence-corrected chi connectivity index (χ3v) is 3.07. The molecule has 3 rings (SSSR count). The number of benzene rings is 1. The van der Waals surface area contributed by atoms with Crippen LogP contribution in [0.25, 0.3) is 16.9 Å². The van der Waals surface area contributed by atoms with Crippen LogP contribution in [0.4, 0.5) is 0 Å². The fourth-order valence-corrected chi connectivity index (χ4v) is 2.03. The third-order valence-electron chi connectivity index (χ3n) is 3.07. The van der Waals surface area contributed by atoms with Crippen LogP contribution in [0.15, 0.2) is 59.7 Å². The number of aryl methyl sites for hydroxylation is 1. The zero-order valence-electron chi connectivity index (χ0n) is 10.9. The molecule has 0 fully saturated rings. The highest BCUT2D eigenvalue weighted by Gasteiger charge is 2.07. The first kappa shape index (κ1) is 12.2. The SMILES string of the molecule is Cn1cc(-n2ccc(-c3ccccc3)n2)cc(O)c1=O. The van der Waals surface area contributed by atoms with Gasteiger partial charge < -0.3 is 9.67 Å². The number of nitrogens with zero attached hydrogens (tertiary/aromatic N) is 3. The monoisotopic (exact) mass is 267 g/mol. The van der Waals surface area contributed by atoms with Gasteiger partial charge in [-0.2, -0.15) is 5.10 Å². The van der Waals surface area contributed by atoms with E-state index >= 15 is 0 Å². The summed E-state index contributed by atoms with van der Waals surface area (Å²) in [4.78, 5) is 11.5. The summed E-state index contributed by atoms with van der Waals surface area (Å²) in [5.74, 6) is -0.290. The molecule has 0 aliphatic heterocycles. The molecule has 2 heterocycles. The molecule has 100 valence electrons.